The van der Waals surface area contributed by atoms with E-state index in [0.717, 1.165) is 25.7 Å². The van der Waals surface area contributed by atoms with Gasteiger partial charge < -0.3 is 10.1 Å². The van der Waals surface area contributed by atoms with Crippen molar-refractivity contribution in [1.82, 2.24) is 10.2 Å². The summed E-state index contributed by atoms with van der Waals surface area (Å²) in [5.41, 5.74) is 0. The van der Waals surface area contributed by atoms with Gasteiger partial charge in [-0.05, 0) is 19.4 Å². The number of methoxy groups -OCH3 is 1. The van der Waals surface area contributed by atoms with E-state index < -0.39 is 0 Å². The first-order valence-corrected chi connectivity index (χ1v) is 5.71. The van der Waals surface area contributed by atoms with Crippen molar-refractivity contribution in [3.05, 3.63) is 0 Å². The molecule has 0 amide bonds. The fourth-order valence-electron chi connectivity index (χ4n) is 1.69. The highest BCUT2D eigenvalue weighted by atomic mass is 16.5. The summed E-state index contributed by atoms with van der Waals surface area (Å²) in [7, 11) is 1.74. The normalized spacial score (nSPS) is 17.7. The average Bonchev–Trinajstić information content (AvgIpc) is 3.05. The van der Waals surface area contributed by atoms with Crippen LogP contribution in [0.1, 0.15) is 19.8 Å². The molecule has 0 spiro atoms. The molecule has 15 heavy (non-hydrogen) atoms. The quantitative estimate of drug-likeness (QED) is 0.597. The van der Waals surface area contributed by atoms with Gasteiger partial charge in [0.15, 0.2) is 0 Å². The fourth-order valence-corrected chi connectivity index (χ4v) is 1.69. The van der Waals surface area contributed by atoms with Crippen LogP contribution in [-0.4, -0.2) is 50.3 Å². The molecule has 1 N–H and O–H groups in total. The van der Waals surface area contributed by atoms with E-state index in [1.54, 1.807) is 7.11 Å². The van der Waals surface area contributed by atoms with Gasteiger partial charge in [-0.15, -0.1) is 6.42 Å². The second kappa shape index (κ2) is 6.84. The van der Waals surface area contributed by atoms with Crippen LogP contribution < -0.4 is 5.32 Å². The van der Waals surface area contributed by atoms with Crippen molar-refractivity contribution in [3.63, 3.8) is 0 Å². The lowest BCUT2D eigenvalue weighted by Gasteiger charge is -2.28. The zero-order chi connectivity index (χ0) is 11.1. The second-order valence-electron chi connectivity index (χ2n) is 4.06. The number of hydrogen-bond acceptors (Lipinski definition) is 3. The maximum absolute atomic E-state index is 5.35. The van der Waals surface area contributed by atoms with Crippen molar-refractivity contribution in [2.75, 3.05) is 33.4 Å². The van der Waals surface area contributed by atoms with Gasteiger partial charge in [0.05, 0.1) is 13.2 Å². The van der Waals surface area contributed by atoms with Crippen LogP contribution in [0.5, 0.6) is 0 Å². The number of likely N-dealkylation sites (N-methyl/N-ethyl adjacent to an activating group) is 1. The van der Waals surface area contributed by atoms with Gasteiger partial charge in [0.2, 0.25) is 0 Å². The SMILES string of the molecule is C#CCN(CC)C(CNC1CC1)COC. The zero-order valence-corrected chi connectivity index (χ0v) is 9.83. The molecular formula is C12H22N2O. The summed E-state index contributed by atoms with van der Waals surface area (Å²) >= 11 is 0. The summed E-state index contributed by atoms with van der Waals surface area (Å²) in [5.74, 6) is 2.70. The van der Waals surface area contributed by atoms with E-state index >= 15 is 0 Å². The predicted octanol–water partition coefficient (Wildman–Crippen LogP) is 0.708. The maximum Gasteiger partial charge on any atom is 0.0630 e. The summed E-state index contributed by atoms with van der Waals surface area (Å²) in [4.78, 5) is 2.28. The van der Waals surface area contributed by atoms with E-state index in [-0.39, 0.29) is 0 Å². The smallest absolute Gasteiger partial charge is 0.0630 e. The Morgan fingerprint density at radius 3 is 2.80 bits per heavy atom. The summed E-state index contributed by atoms with van der Waals surface area (Å²) in [6.45, 7) is 5.54. The van der Waals surface area contributed by atoms with Crippen LogP contribution in [0.4, 0.5) is 0 Å². The Bertz CT molecular complexity index is 208. The van der Waals surface area contributed by atoms with Gasteiger partial charge in [0.1, 0.15) is 0 Å². The topological polar surface area (TPSA) is 24.5 Å². The van der Waals surface area contributed by atoms with Crippen molar-refractivity contribution in [1.29, 1.82) is 0 Å². The van der Waals surface area contributed by atoms with Crippen LogP contribution in [0, 0.1) is 12.3 Å². The molecule has 1 aliphatic rings. The van der Waals surface area contributed by atoms with Gasteiger partial charge in [-0.2, -0.15) is 0 Å². The lowest BCUT2D eigenvalue weighted by Crippen LogP contribution is -2.45. The number of hydrogen-bond donors (Lipinski definition) is 1. The number of nitrogens with zero attached hydrogens (tertiary/aromatic N) is 1. The third-order valence-corrected chi connectivity index (χ3v) is 2.80. The fraction of sp³-hybridized carbons (Fsp3) is 0.833. The molecule has 86 valence electrons. The van der Waals surface area contributed by atoms with Gasteiger partial charge in [-0.3, -0.25) is 4.90 Å². The molecule has 0 aromatic rings. The minimum Gasteiger partial charge on any atom is -0.383 e. The van der Waals surface area contributed by atoms with E-state index in [1.807, 2.05) is 0 Å². The van der Waals surface area contributed by atoms with Gasteiger partial charge in [0, 0.05) is 25.7 Å². The Balaban J connectivity index is 2.33. The van der Waals surface area contributed by atoms with Crippen molar-refractivity contribution >= 4 is 0 Å². The molecule has 0 heterocycles. The third kappa shape index (κ3) is 4.65. The van der Waals surface area contributed by atoms with E-state index in [1.165, 1.54) is 12.8 Å². The van der Waals surface area contributed by atoms with E-state index in [4.69, 9.17) is 11.2 Å². The highest BCUT2D eigenvalue weighted by Gasteiger charge is 2.23. The molecule has 0 radical (unpaired) electrons. The van der Waals surface area contributed by atoms with Crippen LogP contribution in [0.3, 0.4) is 0 Å². The van der Waals surface area contributed by atoms with Crippen LogP contribution in [0.25, 0.3) is 0 Å². The first-order chi connectivity index (χ1) is 7.31. The summed E-state index contributed by atoms with van der Waals surface area (Å²) in [5, 5.41) is 3.52. The molecule has 0 aromatic carbocycles. The molecule has 3 nitrogen and oxygen atoms in total. The van der Waals surface area contributed by atoms with Gasteiger partial charge >= 0.3 is 0 Å². The van der Waals surface area contributed by atoms with Crippen LogP contribution in [0.2, 0.25) is 0 Å². The molecule has 0 bridgehead atoms. The second-order valence-corrected chi connectivity index (χ2v) is 4.06. The molecule has 0 saturated heterocycles. The Kier molecular flexibility index (Phi) is 5.70. The van der Waals surface area contributed by atoms with Crippen molar-refractivity contribution in [3.8, 4) is 12.3 Å². The number of nitrogens with one attached hydrogen (secondary N) is 1. The van der Waals surface area contributed by atoms with E-state index in [0.29, 0.717) is 12.6 Å². The van der Waals surface area contributed by atoms with Crippen LogP contribution >= 0.6 is 0 Å². The highest BCUT2D eigenvalue weighted by Crippen LogP contribution is 2.18. The minimum atomic E-state index is 0.400. The van der Waals surface area contributed by atoms with Crippen LogP contribution in [0.15, 0.2) is 0 Å². The number of terminal acetylenes is 1. The summed E-state index contributed by atoms with van der Waals surface area (Å²) in [6.07, 6.45) is 8.00. The van der Waals surface area contributed by atoms with Crippen LogP contribution in [-0.2, 0) is 4.74 Å². The number of ether oxygens (including phenoxy) is 1. The molecule has 3 heteroatoms. The lowest BCUT2D eigenvalue weighted by atomic mass is 10.2. The average molecular weight is 210 g/mol. The van der Waals surface area contributed by atoms with Gasteiger partial charge in [0.25, 0.3) is 0 Å². The lowest BCUT2D eigenvalue weighted by molar-refractivity contribution is 0.101. The van der Waals surface area contributed by atoms with E-state index in [2.05, 4.69) is 23.1 Å². The first kappa shape index (κ1) is 12.5. The highest BCUT2D eigenvalue weighted by molar-refractivity contribution is 4.91. The monoisotopic (exact) mass is 210 g/mol. The Hall–Kier alpha value is -0.560. The Morgan fingerprint density at radius 1 is 1.60 bits per heavy atom. The largest absolute Gasteiger partial charge is 0.383 e. The van der Waals surface area contributed by atoms with Crippen molar-refractivity contribution < 1.29 is 4.74 Å². The molecule has 1 atom stereocenters. The predicted molar refractivity (Wildman–Crippen MR) is 62.8 cm³/mol. The minimum absolute atomic E-state index is 0.400. The third-order valence-electron chi connectivity index (χ3n) is 2.80. The molecule has 1 saturated carbocycles. The molecule has 0 aromatic heterocycles. The Morgan fingerprint density at radius 2 is 2.33 bits per heavy atom. The van der Waals surface area contributed by atoms with E-state index in [9.17, 15) is 0 Å². The summed E-state index contributed by atoms with van der Waals surface area (Å²) < 4.78 is 5.24. The molecule has 1 rings (SSSR count). The molecule has 0 aliphatic heterocycles. The molecule has 1 fully saturated rings. The van der Waals surface area contributed by atoms with Gasteiger partial charge in [-0.1, -0.05) is 12.8 Å². The van der Waals surface area contributed by atoms with Gasteiger partial charge in [-0.25, -0.2) is 0 Å². The Labute approximate surface area is 93.2 Å². The molecule has 1 aliphatic carbocycles. The molecule has 1 unspecified atom stereocenters. The summed E-state index contributed by atoms with van der Waals surface area (Å²) in [6, 6.07) is 1.14. The maximum atomic E-state index is 5.35. The van der Waals surface area contributed by atoms with Crippen molar-refractivity contribution in [2.24, 2.45) is 0 Å². The first-order valence-electron chi connectivity index (χ1n) is 5.71. The zero-order valence-electron chi connectivity index (χ0n) is 9.83. The standard InChI is InChI=1S/C12H22N2O/c1-4-8-14(5-2)12(10-15-3)9-13-11-6-7-11/h1,11-13H,5-10H2,2-3H3. The molecular weight excluding hydrogens is 188 g/mol. The number of rotatable bonds is 8. The van der Waals surface area contributed by atoms with Crippen molar-refractivity contribution in [2.45, 2.75) is 31.8 Å².